The average molecular weight is 499 g/mol. The number of carbonyl (C=O) groups is 4. The fraction of sp³-hybridized carbons (Fsp3) is 0.385. The van der Waals surface area contributed by atoms with E-state index in [9.17, 15) is 24.3 Å². The highest BCUT2D eigenvalue weighted by atomic mass is 16.6. The number of rotatable bonds is 8. The summed E-state index contributed by atoms with van der Waals surface area (Å²) in [6, 6.07) is 9.24. The normalized spacial score (nSPS) is 12.7. The van der Waals surface area contributed by atoms with Gasteiger partial charge in [0.25, 0.3) is 5.91 Å². The molecule has 0 radical (unpaired) electrons. The van der Waals surface area contributed by atoms with E-state index in [1.807, 2.05) is 19.1 Å². The van der Waals surface area contributed by atoms with Gasteiger partial charge in [0.05, 0.1) is 6.42 Å². The molecule has 0 aliphatic heterocycles. The molecule has 2 rings (SSSR count). The molecular weight excluding hydrogens is 464 g/mol. The van der Waals surface area contributed by atoms with Crippen molar-refractivity contribution in [2.75, 3.05) is 12.4 Å². The minimum Gasteiger partial charge on any atom is -0.507 e. The van der Waals surface area contributed by atoms with Crippen LogP contribution in [0.25, 0.3) is 0 Å². The van der Waals surface area contributed by atoms with Gasteiger partial charge in [0.1, 0.15) is 23.4 Å². The number of aryl methyl sites for hydroxylation is 2. The number of carbonyl (C=O) groups excluding carboxylic acids is 4. The van der Waals surface area contributed by atoms with E-state index in [-0.39, 0.29) is 11.3 Å². The number of phenols is 1. The second kappa shape index (κ2) is 11.6. The van der Waals surface area contributed by atoms with E-state index in [0.717, 1.165) is 10.5 Å². The van der Waals surface area contributed by atoms with Crippen LogP contribution in [0.4, 0.5) is 10.5 Å². The number of anilines is 1. The maximum absolute atomic E-state index is 13.5. The number of phenolic OH excluding ortho intramolecular Hbond substituents is 1. The van der Waals surface area contributed by atoms with E-state index in [0.29, 0.717) is 11.3 Å². The summed E-state index contributed by atoms with van der Waals surface area (Å²) in [6.07, 6.45) is -1.44. The predicted octanol–water partition coefficient (Wildman–Crippen LogP) is 2.92. The van der Waals surface area contributed by atoms with Gasteiger partial charge < -0.3 is 31.1 Å². The van der Waals surface area contributed by atoms with Crippen LogP contribution >= 0.6 is 0 Å². The second-order valence-corrected chi connectivity index (χ2v) is 9.54. The number of amides is 4. The van der Waals surface area contributed by atoms with Gasteiger partial charge in [-0.25, -0.2) is 4.79 Å². The summed E-state index contributed by atoms with van der Waals surface area (Å²) in [4.78, 5) is 52.1. The summed E-state index contributed by atoms with van der Waals surface area (Å²) >= 11 is 0. The number of nitrogens with one attached hydrogen (secondary N) is 2. The lowest BCUT2D eigenvalue weighted by Crippen LogP contribution is -2.52. The molecule has 0 spiro atoms. The zero-order chi connectivity index (χ0) is 27.2. The summed E-state index contributed by atoms with van der Waals surface area (Å²) in [5.74, 6) is -2.37. The van der Waals surface area contributed by atoms with Crippen molar-refractivity contribution in [2.45, 2.75) is 58.7 Å². The summed E-state index contributed by atoms with van der Waals surface area (Å²) < 4.78 is 5.21. The Morgan fingerprint density at radius 3 is 2.22 bits per heavy atom. The topological polar surface area (TPSA) is 151 Å². The van der Waals surface area contributed by atoms with E-state index in [1.165, 1.54) is 13.1 Å². The van der Waals surface area contributed by atoms with E-state index in [1.54, 1.807) is 52.0 Å². The smallest absolute Gasteiger partial charge is 0.408 e. The van der Waals surface area contributed by atoms with Crippen molar-refractivity contribution in [2.24, 2.45) is 5.73 Å². The summed E-state index contributed by atoms with van der Waals surface area (Å²) in [5, 5.41) is 15.9. The van der Waals surface area contributed by atoms with E-state index < -0.39 is 47.9 Å². The van der Waals surface area contributed by atoms with Crippen molar-refractivity contribution in [1.29, 1.82) is 0 Å². The quantitative estimate of drug-likeness (QED) is 0.439. The number of aromatic hydroxyl groups is 1. The predicted molar refractivity (Wildman–Crippen MR) is 135 cm³/mol. The third-order valence-corrected chi connectivity index (χ3v) is 5.34. The van der Waals surface area contributed by atoms with Gasteiger partial charge in [-0.3, -0.25) is 14.4 Å². The van der Waals surface area contributed by atoms with Crippen LogP contribution in [0.3, 0.4) is 0 Å². The van der Waals surface area contributed by atoms with Crippen LogP contribution < -0.4 is 16.4 Å². The Labute approximate surface area is 210 Å². The highest BCUT2D eigenvalue weighted by Crippen LogP contribution is 2.32. The molecule has 0 saturated heterocycles. The first-order valence-electron chi connectivity index (χ1n) is 11.4. The fourth-order valence-electron chi connectivity index (χ4n) is 3.57. The van der Waals surface area contributed by atoms with E-state index >= 15 is 0 Å². The molecule has 2 unspecified atom stereocenters. The third-order valence-electron chi connectivity index (χ3n) is 5.34. The Hall–Kier alpha value is -4.08. The monoisotopic (exact) mass is 498 g/mol. The second-order valence-electron chi connectivity index (χ2n) is 9.54. The summed E-state index contributed by atoms with van der Waals surface area (Å²) in [6.45, 7) is 8.43. The molecule has 10 nitrogen and oxygen atoms in total. The number of ether oxygens (including phenoxy) is 1. The molecule has 0 fully saturated rings. The molecule has 0 aliphatic carbocycles. The first-order chi connectivity index (χ1) is 16.7. The molecule has 194 valence electrons. The first-order valence-corrected chi connectivity index (χ1v) is 11.4. The molecule has 10 heteroatoms. The number of benzene rings is 2. The number of hydrogen-bond acceptors (Lipinski definition) is 6. The molecule has 0 saturated carbocycles. The van der Waals surface area contributed by atoms with Crippen molar-refractivity contribution in [3.8, 4) is 5.75 Å². The largest absolute Gasteiger partial charge is 0.507 e. The number of alkyl carbamates (subject to hydrolysis) is 1. The van der Waals surface area contributed by atoms with Crippen LogP contribution in [0.15, 0.2) is 42.5 Å². The Kier molecular flexibility index (Phi) is 9.05. The van der Waals surface area contributed by atoms with Crippen LogP contribution in [0, 0.1) is 13.8 Å². The molecule has 0 bridgehead atoms. The molecular formula is C26H34N4O6. The van der Waals surface area contributed by atoms with Gasteiger partial charge in [-0.2, -0.15) is 0 Å². The molecule has 2 aromatic carbocycles. The highest BCUT2D eigenvalue weighted by molar-refractivity contribution is 6.00. The molecule has 5 N–H and O–H groups in total. The first kappa shape index (κ1) is 28.2. The van der Waals surface area contributed by atoms with Crippen LogP contribution in [0.1, 0.15) is 49.9 Å². The Bertz CT molecular complexity index is 1140. The standard InChI is InChI=1S/C26H34N4O6/c1-15-10-7-8-13-18(15)28-23(33)21(17-12-9-11-16(2)22(17)32)30(6)24(34)19(14-20(27)31)29-25(35)36-26(3,4)5/h7-13,19,21,32H,14H2,1-6H3,(H2,27,31)(H,28,33)(H,29,35). The van der Waals surface area contributed by atoms with Crippen LogP contribution in [0.2, 0.25) is 0 Å². The summed E-state index contributed by atoms with van der Waals surface area (Å²) in [5.41, 5.74) is 6.48. The minimum atomic E-state index is -1.40. The van der Waals surface area contributed by atoms with Gasteiger partial charge in [0.15, 0.2) is 0 Å². The van der Waals surface area contributed by atoms with Crippen molar-refractivity contribution < 1.29 is 29.0 Å². The zero-order valence-corrected chi connectivity index (χ0v) is 21.4. The van der Waals surface area contributed by atoms with Gasteiger partial charge in [-0.05, 0) is 51.8 Å². The highest BCUT2D eigenvalue weighted by Gasteiger charge is 2.36. The van der Waals surface area contributed by atoms with Crippen molar-refractivity contribution >= 4 is 29.5 Å². The Morgan fingerprint density at radius 2 is 1.64 bits per heavy atom. The lowest BCUT2D eigenvalue weighted by atomic mass is 9.99. The number of primary amides is 1. The number of para-hydroxylation sites is 2. The van der Waals surface area contributed by atoms with E-state index in [2.05, 4.69) is 10.6 Å². The number of nitrogens with two attached hydrogens (primary N) is 1. The molecule has 0 aromatic heterocycles. The van der Waals surface area contributed by atoms with Gasteiger partial charge in [0.2, 0.25) is 11.8 Å². The molecule has 0 aliphatic rings. The van der Waals surface area contributed by atoms with Crippen molar-refractivity contribution in [3.05, 3.63) is 59.2 Å². The van der Waals surface area contributed by atoms with Crippen LogP contribution in [-0.4, -0.2) is 52.5 Å². The molecule has 4 amide bonds. The van der Waals surface area contributed by atoms with Gasteiger partial charge in [-0.1, -0.05) is 36.4 Å². The number of nitrogens with zero attached hydrogens (tertiary/aromatic N) is 1. The maximum atomic E-state index is 13.5. The third kappa shape index (κ3) is 7.46. The summed E-state index contributed by atoms with van der Waals surface area (Å²) in [7, 11) is 1.34. The zero-order valence-electron chi connectivity index (χ0n) is 21.4. The van der Waals surface area contributed by atoms with Crippen molar-refractivity contribution in [1.82, 2.24) is 10.2 Å². The Morgan fingerprint density at radius 1 is 1.03 bits per heavy atom. The molecule has 0 heterocycles. The van der Waals surface area contributed by atoms with Gasteiger partial charge in [0, 0.05) is 18.3 Å². The molecule has 36 heavy (non-hydrogen) atoms. The number of likely N-dealkylation sites (N-methyl/N-ethyl adjacent to an activating group) is 1. The number of hydrogen-bond donors (Lipinski definition) is 4. The Balaban J connectivity index is 2.46. The lowest BCUT2D eigenvalue weighted by molar-refractivity contribution is -0.140. The van der Waals surface area contributed by atoms with Gasteiger partial charge in [-0.15, -0.1) is 0 Å². The fourth-order valence-corrected chi connectivity index (χ4v) is 3.57. The van der Waals surface area contributed by atoms with Crippen molar-refractivity contribution in [3.63, 3.8) is 0 Å². The van der Waals surface area contributed by atoms with E-state index in [4.69, 9.17) is 10.5 Å². The average Bonchev–Trinajstić information content (AvgIpc) is 2.75. The molecule has 2 atom stereocenters. The lowest BCUT2D eigenvalue weighted by Gasteiger charge is -2.32. The maximum Gasteiger partial charge on any atom is 0.408 e. The van der Waals surface area contributed by atoms with Crippen LogP contribution in [-0.2, 0) is 19.1 Å². The van der Waals surface area contributed by atoms with Crippen LogP contribution in [0.5, 0.6) is 5.75 Å². The molecule has 2 aromatic rings. The van der Waals surface area contributed by atoms with Gasteiger partial charge >= 0.3 is 6.09 Å². The SMILES string of the molecule is Cc1ccccc1NC(=O)C(c1cccc(C)c1O)N(C)C(=O)C(CC(N)=O)NC(=O)OC(C)(C)C. The minimum absolute atomic E-state index is 0.159.